The molecule has 0 unspecified atom stereocenters. The van der Waals surface area contributed by atoms with Gasteiger partial charge in [-0.2, -0.15) is 13.2 Å². The van der Waals surface area contributed by atoms with Crippen LogP contribution in [0.15, 0.2) is 28.7 Å². The van der Waals surface area contributed by atoms with E-state index in [1.165, 1.54) is 12.1 Å². The van der Waals surface area contributed by atoms with Crippen molar-refractivity contribution in [3.8, 4) is 0 Å². The number of aromatic carboxylic acids is 1. The third kappa shape index (κ3) is 1.62. The molecule has 6 heteroatoms. The van der Waals surface area contributed by atoms with Gasteiger partial charge in [-0.3, -0.25) is 0 Å². The maximum absolute atomic E-state index is 12.5. The molecule has 0 spiro atoms. The fourth-order valence-corrected chi connectivity index (χ4v) is 1.41. The van der Waals surface area contributed by atoms with E-state index < -0.39 is 23.5 Å². The summed E-state index contributed by atoms with van der Waals surface area (Å²) < 4.78 is 42.4. The minimum Gasteiger partial charge on any atom is -0.475 e. The average Bonchev–Trinajstić information content (AvgIpc) is 2.58. The van der Waals surface area contributed by atoms with Crippen LogP contribution in [0.1, 0.15) is 16.1 Å². The molecule has 0 aliphatic rings. The van der Waals surface area contributed by atoms with Crippen LogP contribution in [0.5, 0.6) is 0 Å². The summed E-state index contributed by atoms with van der Waals surface area (Å²) in [5, 5.41) is 8.36. The average molecular weight is 230 g/mol. The fourth-order valence-electron chi connectivity index (χ4n) is 1.41. The van der Waals surface area contributed by atoms with Crippen molar-refractivity contribution >= 4 is 16.9 Å². The summed E-state index contributed by atoms with van der Waals surface area (Å²) in [6.45, 7) is 0. The van der Waals surface area contributed by atoms with Gasteiger partial charge in [-0.1, -0.05) is 6.07 Å². The molecular weight excluding hydrogens is 225 g/mol. The molecule has 0 aliphatic carbocycles. The molecule has 1 aromatic heterocycles. The van der Waals surface area contributed by atoms with Crippen molar-refractivity contribution < 1.29 is 27.5 Å². The van der Waals surface area contributed by atoms with E-state index in [9.17, 15) is 18.0 Å². The molecule has 84 valence electrons. The number of alkyl halides is 3. The van der Waals surface area contributed by atoms with E-state index in [4.69, 9.17) is 9.52 Å². The Morgan fingerprint density at radius 3 is 2.56 bits per heavy atom. The first-order chi connectivity index (χ1) is 7.39. The lowest BCUT2D eigenvalue weighted by Crippen LogP contribution is -2.04. The quantitative estimate of drug-likeness (QED) is 0.818. The third-order valence-corrected chi connectivity index (χ3v) is 2.08. The summed E-state index contributed by atoms with van der Waals surface area (Å²) in [4.78, 5) is 10.6. The molecular formula is C10H5F3O3. The van der Waals surface area contributed by atoms with Crippen LogP contribution in [0.3, 0.4) is 0 Å². The van der Waals surface area contributed by atoms with Crippen LogP contribution in [0.4, 0.5) is 13.2 Å². The fraction of sp³-hybridized carbons (Fsp3) is 0.100. The Hall–Kier alpha value is -1.98. The summed E-state index contributed by atoms with van der Waals surface area (Å²) in [7, 11) is 0. The number of rotatable bonds is 1. The summed E-state index contributed by atoms with van der Waals surface area (Å²) >= 11 is 0. The number of halogens is 3. The van der Waals surface area contributed by atoms with Crippen LogP contribution in [0.25, 0.3) is 11.0 Å². The van der Waals surface area contributed by atoms with Gasteiger partial charge in [-0.05, 0) is 18.2 Å². The van der Waals surface area contributed by atoms with E-state index in [1.54, 1.807) is 0 Å². The molecule has 0 saturated carbocycles. The van der Waals surface area contributed by atoms with Gasteiger partial charge in [0.1, 0.15) is 5.58 Å². The van der Waals surface area contributed by atoms with Crippen molar-refractivity contribution in [2.45, 2.75) is 6.18 Å². The standard InChI is InChI=1S/C10H5F3O3/c11-10(12,13)6-2-1-3-7-5(6)4-8(16-7)9(14)15/h1-4H,(H,14,15). The van der Waals surface area contributed by atoms with Crippen molar-refractivity contribution in [3.63, 3.8) is 0 Å². The van der Waals surface area contributed by atoms with Gasteiger partial charge in [-0.15, -0.1) is 0 Å². The molecule has 2 aromatic rings. The van der Waals surface area contributed by atoms with Gasteiger partial charge in [0.2, 0.25) is 5.76 Å². The molecule has 3 nitrogen and oxygen atoms in total. The molecule has 1 heterocycles. The van der Waals surface area contributed by atoms with Crippen LogP contribution in [-0.4, -0.2) is 11.1 Å². The number of carboxylic acid groups (broad SMARTS) is 1. The largest absolute Gasteiger partial charge is 0.475 e. The lowest BCUT2D eigenvalue weighted by Gasteiger charge is -2.06. The summed E-state index contributed by atoms with van der Waals surface area (Å²) in [5.41, 5.74) is -0.992. The van der Waals surface area contributed by atoms with E-state index in [2.05, 4.69) is 0 Å². The molecule has 0 aliphatic heterocycles. The van der Waals surface area contributed by atoms with Crippen molar-refractivity contribution in [1.82, 2.24) is 0 Å². The van der Waals surface area contributed by atoms with Crippen molar-refractivity contribution in [1.29, 1.82) is 0 Å². The third-order valence-electron chi connectivity index (χ3n) is 2.08. The second-order valence-electron chi connectivity index (χ2n) is 3.13. The molecule has 0 atom stereocenters. The van der Waals surface area contributed by atoms with Crippen molar-refractivity contribution in [3.05, 3.63) is 35.6 Å². The van der Waals surface area contributed by atoms with Gasteiger partial charge >= 0.3 is 12.1 Å². The van der Waals surface area contributed by atoms with Gasteiger partial charge in [0.15, 0.2) is 0 Å². The topological polar surface area (TPSA) is 50.4 Å². The van der Waals surface area contributed by atoms with E-state index in [0.29, 0.717) is 0 Å². The molecule has 0 radical (unpaired) electrons. The smallest absolute Gasteiger partial charge is 0.417 e. The first-order valence-corrected chi connectivity index (χ1v) is 4.22. The highest BCUT2D eigenvalue weighted by atomic mass is 19.4. The predicted molar refractivity (Wildman–Crippen MR) is 48.2 cm³/mol. The minimum atomic E-state index is -4.53. The van der Waals surface area contributed by atoms with Gasteiger partial charge in [0.25, 0.3) is 0 Å². The predicted octanol–water partition coefficient (Wildman–Crippen LogP) is 3.15. The maximum atomic E-state index is 12.5. The van der Waals surface area contributed by atoms with E-state index >= 15 is 0 Å². The van der Waals surface area contributed by atoms with Crippen LogP contribution in [0.2, 0.25) is 0 Å². The first kappa shape index (κ1) is 10.5. The Kier molecular flexibility index (Phi) is 2.15. The Balaban J connectivity index is 2.73. The van der Waals surface area contributed by atoms with Gasteiger partial charge < -0.3 is 9.52 Å². The van der Waals surface area contributed by atoms with E-state index in [1.807, 2.05) is 0 Å². The van der Waals surface area contributed by atoms with Gasteiger partial charge in [0, 0.05) is 5.39 Å². The minimum absolute atomic E-state index is 0.0905. The number of carboxylic acids is 1. The molecule has 0 fully saturated rings. The maximum Gasteiger partial charge on any atom is 0.417 e. The number of furan rings is 1. The molecule has 0 bridgehead atoms. The van der Waals surface area contributed by atoms with Crippen LogP contribution in [0, 0.1) is 0 Å². The highest BCUT2D eigenvalue weighted by Gasteiger charge is 2.33. The molecule has 0 saturated heterocycles. The van der Waals surface area contributed by atoms with Crippen molar-refractivity contribution in [2.24, 2.45) is 0 Å². The van der Waals surface area contributed by atoms with Crippen molar-refractivity contribution in [2.75, 3.05) is 0 Å². The number of carbonyl (C=O) groups is 1. The summed E-state index contributed by atoms with van der Waals surface area (Å²) in [6.07, 6.45) is -4.53. The Bertz CT molecular complexity index is 554. The first-order valence-electron chi connectivity index (χ1n) is 4.22. The Labute approximate surface area is 87.1 Å². The second-order valence-corrected chi connectivity index (χ2v) is 3.13. The Morgan fingerprint density at radius 2 is 2.00 bits per heavy atom. The molecule has 0 amide bonds. The number of hydrogen-bond acceptors (Lipinski definition) is 2. The number of benzene rings is 1. The highest BCUT2D eigenvalue weighted by Crippen LogP contribution is 2.35. The summed E-state index contributed by atoms with van der Waals surface area (Å²) in [5.74, 6) is -1.91. The number of hydrogen-bond donors (Lipinski definition) is 1. The zero-order valence-electron chi connectivity index (χ0n) is 7.71. The van der Waals surface area contributed by atoms with Crippen LogP contribution in [-0.2, 0) is 6.18 Å². The van der Waals surface area contributed by atoms with Crippen LogP contribution >= 0.6 is 0 Å². The van der Waals surface area contributed by atoms with Crippen LogP contribution < -0.4 is 0 Å². The number of fused-ring (bicyclic) bond motifs is 1. The highest BCUT2D eigenvalue weighted by molar-refractivity contribution is 5.92. The zero-order valence-corrected chi connectivity index (χ0v) is 7.71. The Morgan fingerprint density at radius 1 is 1.31 bits per heavy atom. The lowest BCUT2D eigenvalue weighted by molar-refractivity contribution is -0.136. The lowest BCUT2D eigenvalue weighted by atomic mass is 10.1. The van der Waals surface area contributed by atoms with E-state index in [-0.39, 0.29) is 11.0 Å². The van der Waals surface area contributed by atoms with Gasteiger partial charge in [-0.25, -0.2) is 4.79 Å². The molecule has 1 aromatic carbocycles. The normalized spacial score (nSPS) is 11.9. The SMILES string of the molecule is O=C(O)c1cc2c(C(F)(F)F)cccc2o1. The summed E-state index contributed by atoms with van der Waals surface area (Å²) in [6, 6.07) is 4.21. The molecule has 1 N–H and O–H groups in total. The molecule has 16 heavy (non-hydrogen) atoms. The van der Waals surface area contributed by atoms with Gasteiger partial charge in [0.05, 0.1) is 5.56 Å². The molecule has 2 rings (SSSR count). The van der Waals surface area contributed by atoms with E-state index in [0.717, 1.165) is 12.1 Å². The second kappa shape index (κ2) is 3.26. The monoisotopic (exact) mass is 230 g/mol. The zero-order chi connectivity index (χ0) is 11.9.